The van der Waals surface area contributed by atoms with E-state index in [1.165, 1.54) is 0 Å². The molecule has 1 aliphatic heterocycles. The van der Waals surface area contributed by atoms with E-state index in [9.17, 15) is 4.21 Å². The lowest BCUT2D eigenvalue weighted by molar-refractivity contribution is 0.303. The Morgan fingerprint density at radius 3 is 3.00 bits per heavy atom. The summed E-state index contributed by atoms with van der Waals surface area (Å²) in [7, 11) is 0. The molecule has 0 radical (unpaired) electrons. The van der Waals surface area contributed by atoms with Gasteiger partial charge in [-0.25, -0.2) is 9.69 Å². The molecule has 6 heteroatoms. The van der Waals surface area contributed by atoms with Crippen molar-refractivity contribution in [2.24, 2.45) is 4.40 Å². The first-order chi connectivity index (χ1) is 8.72. The molecule has 92 valence electrons. The normalized spacial score (nSPS) is 18.7. The number of hydroxylamine groups is 1. The zero-order valence-corrected chi connectivity index (χ0v) is 10.8. The van der Waals surface area contributed by atoms with Gasteiger partial charge in [0.2, 0.25) is 0 Å². The Morgan fingerprint density at radius 1 is 1.33 bits per heavy atom. The fourth-order valence-corrected chi connectivity index (χ4v) is 2.61. The van der Waals surface area contributed by atoms with Crippen LogP contribution in [0.3, 0.4) is 0 Å². The molecule has 3 rings (SSSR count). The van der Waals surface area contributed by atoms with Gasteiger partial charge in [0.25, 0.3) is 0 Å². The van der Waals surface area contributed by atoms with E-state index in [1.54, 1.807) is 0 Å². The number of hydrogen-bond donors (Lipinski definition) is 1. The van der Waals surface area contributed by atoms with E-state index in [-0.39, 0.29) is 0 Å². The van der Waals surface area contributed by atoms with Crippen LogP contribution in [0.2, 0.25) is 5.02 Å². The van der Waals surface area contributed by atoms with Gasteiger partial charge in [0.05, 0.1) is 0 Å². The van der Waals surface area contributed by atoms with Gasteiger partial charge < -0.3 is 0 Å². The Morgan fingerprint density at radius 2 is 2.22 bits per heavy atom. The van der Waals surface area contributed by atoms with Crippen LogP contribution in [0, 0.1) is 0 Å². The fraction of sp³-hybridized carbons (Fsp3) is 0.0833. The fourth-order valence-electron chi connectivity index (χ4n) is 1.88. The molecule has 4 nitrogen and oxygen atoms in total. The lowest BCUT2D eigenvalue weighted by Crippen LogP contribution is -2.18. The summed E-state index contributed by atoms with van der Waals surface area (Å²) in [4.78, 5) is 0. The number of rotatable bonds is 2. The monoisotopic (exact) mass is 280 g/mol. The van der Waals surface area contributed by atoms with Gasteiger partial charge >= 0.3 is 11.3 Å². The van der Waals surface area contributed by atoms with E-state index in [4.69, 9.17) is 11.6 Å². The molecule has 0 amide bonds. The van der Waals surface area contributed by atoms with Gasteiger partial charge in [-0.3, -0.25) is 0 Å². The minimum absolute atomic E-state index is 0.550. The molecule has 18 heavy (non-hydrogen) atoms. The summed E-state index contributed by atoms with van der Waals surface area (Å²) in [6, 6.07) is 11.8. The molecule has 0 spiro atoms. The SMILES string of the molecule is O=S1N=C(Cc2ccc3c(Cl)cccc3c2)NO1. The van der Waals surface area contributed by atoms with Crippen LogP contribution in [-0.4, -0.2) is 10.0 Å². The Labute approximate surface area is 111 Å². The number of nitrogens with one attached hydrogen (secondary N) is 1. The molecule has 1 unspecified atom stereocenters. The molecule has 1 N–H and O–H groups in total. The van der Waals surface area contributed by atoms with Gasteiger partial charge in [0.1, 0.15) is 5.84 Å². The van der Waals surface area contributed by atoms with E-state index in [2.05, 4.69) is 14.2 Å². The maximum absolute atomic E-state index is 10.9. The molecule has 0 fully saturated rings. The second-order valence-electron chi connectivity index (χ2n) is 3.91. The van der Waals surface area contributed by atoms with Crippen molar-refractivity contribution >= 4 is 39.5 Å². The molecule has 1 atom stereocenters. The second-order valence-corrected chi connectivity index (χ2v) is 5.10. The number of fused-ring (bicyclic) bond motifs is 1. The maximum atomic E-state index is 10.9. The Kier molecular flexibility index (Phi) is 3.03. The molecular weight excluding hydrogens is 272 g/mol. The first-order valence-electron chi connectivity index (χ1n) is 5.32. The predicted octanol–water partition coefficient (Wildman–Crippen LogP) is 2.55. The molecular formula is C12H9ClN2O2S. The molecule has 0 bridgehead atoms. The van der Waals surface area contributed by atoms with Crippen molar-refractivity contribution in [2.45, 2.75) is 6.42 Å². The van der Waals surface area contributed by atoms with E-state index < -0.39 is 11.3 Å². The van der Waals surface area contributed by atoms with Crippen molar-refractivity contribution in [3.8, 4) is 0 Å². The molecule has 0 saturated carbocycles. The van der Waals surface area contributed by atoms with Crippen LogP contribution in [-0.2, 0) is 22.0 Å². The summed E-state index contributed by atoms with van der Waals surface area (Å²) < 4.78 is 19.4. The van der Waals surface area contributed by atoms with Gasteiger partial charge in [-0.05, 0) is 17.0 Å². The van der Waals surface area contributed by atoms with E-state index in [0.29, 0.717) is 12.3 Å². The minimum Gasteiger partial charge on any atom is -0.234 e. The highest BCUT2D eigenvalue weighted by molar-refractivity contribution is 7.79. The van der Waals surface area contributed by atoms with Crippen molar-refractivity contribution in [2.75, 3.05) is 0 Å². The number of hydrogen-bond acceptors (Lipinski definition) is 3. The highest BCUT2D eigenvalue weighted by Crippen LogP contribution is 2.24. The third kappa shape index (κ3) is 2.25. The number of nitrogens with zero attached hydrogens (tertiary/aromatic N) is 1. The highest BCUT2D eigenvalue weighted by atomic mass is 35.5. The summed E-state index contributed by atoms with van der Waals surface area (Å²) in [6.07, 6.45) is 0.550. The lowest BCUT2D eigenvalue weighted by atomic mass is 10.0. The average Bonchev–Trinajstić information content (AvgIpc) is 2.75. The third-order valence-corrected chi connectivity index (χ3v) is 3.60. The molecule has 0 saturated heterocycles. The standard InChI is InChI=1S/C12H9ClN2O2S/c13-11-3-1-2-9-6-8(4-5-10(9)11)7-12-14-17-18(16)15-12/h1-6H,7H2,(H,14,15). The quantitative estimate of drug-likeness (QED) is 0.920. The molecule has 1 aliphatic rings. The summed E-state index contributed by atoms with van der Waals surface area (Å²) in [5.41, 5.74) is 3.59. The molecule has 1 heterocycles. The van der Waals surface area contributed by atoms with E-state index >= 15 is 0 Å². The predicted molar refractivity (Wildman–Crippen MR) is 72.5 cm³/mol. The zero-order chi connectivity index (χ0) is 12.5. The van der Waals surface area contributed by atoms with Gasteiger partial charge in [0, 0.05) is 16.8 Å². The van der Waals surface area contributed by atoms with Crippen molar-refractivity contribution in [3.05, 3.63) is 47.0 Å². The number of halogens is 1. The van der Waals surface area contributed by atoms with Gasteiger partial charge in [-0.1, -0.05) is 41.9 Å². The first kappa shape index (κ1) is 11.6. The summed E-state index contributed by atoms with van der Waals surface area (Å²) in [5.74, 6) is 0.565. The summed E-state index contributed by atoms with van der Waals surface area (Å²) in [6.45, 7) is 0. The van der Waals surface area contributed by atoms with Crippen LogP contribution in [0.5, 0.6) is 0 Å². The molecule has 2 aromatic rings. The Bertz CT molecular complexity index is 672. The van der Waals surface area contributed by atoms with Crippen molar-refractivity contribution in [1.29, 1.82) is 0 Å². The third-order valence-electron chi connectivity index (χ3n) is 2.68. The van der Waals surface area contributed by atoms with Crippen molar-refractivity contribution in [1.82, 2.24) is 5.48 Å². The average molecular weight is 281 g/mol. The smallest absolute Gasteiger partial charge is 0.234 e. The van der Waals surface area contributed by atoms with Crippen LogP contribution < -0.4 is 5.48 Å². The van der Waals surface area contributed by atoms with Crippen LogP contribution in [0.25, 0.3) is 10.8 Å². The molecule has 2 aromatic carbocycles. The Balaban J connectivity index is 1.94. The zero-order valence-electron chi connectivity index (χ0n) is 9.22. The largest absolute Gasteiger partial charge is 0.309 e. The van der Waals surface area contributed by atoms with Crippen LogP contribution in [0.15, 0.2) is 40.8 Å². The maximum Gasteiger partial charge on any atom is 0.309 e. The molecule has 0 aromatic heterocycles. The van der Waals surface area contributed by atoms with Gasteiger partial charge in [-0.15, -0.1) is 4.40 Å². The number of benzene rings is 2. The van der Waals surface area contributed by atoms with E-state index in [1.807, 2.05) is 36.4 Å². The highest BCUT2D eigenvalue weighted by Gasteiger charge is 2.13. The minimum atomic E-state index is -1.60. The van der Waals surface area contributed by atoms with E-state index in [0.717, 1.165) is 21.4 Å². The van der Waals surface area contributed by atoms with Gasteiger partial charge in [-0.2, -0.15) is 4.28 Å². The Hall–Kier alpha value is -1.43. The first-order valence-corrected chi connectivity index (χ1v) is 6.73. The van der Waals surface area contributed by atoms with Crippen LogP contribution >= 0.6 is 11.6 Å². The van der Waals surface area contributed by atoms with Crippen molar-refractivity contribution < 1.29 is 8.49 Å². The lowest BCUT2D eigenvalue weighted by Gasteiger charge is -2.04. The van der Waals surface area contributed by atoms with Gasteiger partial charge in [0.15, 0.2) is 0 Å². The van der Waals surface area contributed by atoms with Crippen molar-refractivity contribution in [3.63, 3.8) is 0 Å². The molecule has 0 aliphatic carbocycles. The van der Waals surface area contributed by atoms with Crippen LogP contribution in [0.4, 0.5) is 0 Å². The number of amidine groups is 1. The summed E-state index contributed by atoms with van der Waals surface area (Å²) >= 11 is 4.50. The summed E-state index contributed by atoms with van der Waals surface area (Å²) in [5, 5.41) is 2.82. The van der Waals surface area contributed by atoms with Crippen LogP contribution in [0.1, 0.15) is 5.56 Å². The second kappa shape index (κ2) is 4.68. The topological polar surface area (TPSA) is 50.7 Å².